The van der Waals surface area contributed by atoms with Crippen LogP contribution in [0.25, 0.3) is 0 Å². The van der Waals surface area contributed by atoms with E-state index < -0.39 is 23.2 Å². The molecule has 0 bridgehead atoms. The van der Waals surface area contributed by atoms with Crippen LogP contribution in [0, 0.1) is 11.6 Å². The average Bonchev–Trinajstić information content (AvgIpc) is 2.67. The van der Waals surface area contributed by atoms with Gasteiger partial charge in [-0.25, -0.2) is 18.7 Å². The van der Waals surface area contributed by atoms with Crippen molar-refractivity contribution in [1.29, 1.82) is 0 Å². The maximum Gasteiger partial charge on any atom is 0.274 e. The predicted molar refractivity (Wildman–Crippen MR) is 97.2 cm³/mol. The molecular formula is C19H16F2N4O2. The standard InChI is InChI=1S/C19H16F2N4O2/c1-2-27-16-9-4-3-8-14(16)23-19-22-11-10-15(24-19)18(26)25-17-12(20)6-5-7-13(17)21/h3-11H,2H2,1H3,(H,25,26)(H,22,23,24). The lowest BCUT2D eigenvalue weighted by atomic mass is 10.2. The second-order valence-corrected chi connectivity index (χ2v) is 5.37. The van der Waals surface area contributed by atoms with E-state index in [1.807, 2.05) is 19.1 Å². The molecule has 0 radical (unpaired) electrons. The fourth-order valence-corrected chi connectivity index (χ4v) is 2.31. The zero-order valence-electron chi connectivity index (χ0n) is 14.4. The van der Waals surface area contributed by atoms with Gasteiger partial charge < -0.3 is 15.4 Å². The molecule has 6 nitrogen and oxygen atoms in total. The van der Waals surface area contributed by atoms with Gasteiger partial charge in [-0.3, -0.25) is 4.79 Å². The highest BCUT2D eigenvalue weighted by Crippen LogP contribution is 2.26. The van der Waals surface area contributed by atoms with Crippen molar-refractivity contribution in [3.63, 3.8) is 0 Å². The van der Waals surface area contributed by atoms with Gasteiger partial charge in [-0.15, -0.1) is 0 Å². The molecule has 0 spiro atoms. The number of carbonyl (C=O) groups excluding carboxylic acids is 1. The maximum absolute atomic E-state index is 13.7. The summed E-state index contributed by atoms with van der Waals surface area (Å²) in [6.07, 6.45) is 1.37. The van der Waals surface area contributed by atoms with Crippen molar-refractivity contribution in [3.8, 4) is 5.75 Å². The molecule has 8 heteroatoms. The molecule has 1 amide bonds. The van der Waals surface area contributed by atoms with E-state index >= 15 is 0 Å². The van der Waals surface area contributed by atoms with E-state index in [1.54, 1.807) is 12.1 Å². The second kappa shape index (κ2) is 8.22. The van der Waals surface area contributed by atoms with Gasteiger partial charge in [-0.05, 0) is 37.3 Å². The highest BCUT2D eigenvalue weighted by atomic mass is 19.1. The Morgan fingerprint density at radius 2 is 1.81 bits per heavy atom. The number of benzene rings is 2. The van der Waals surface area contributed by atoms with Crippen LogP contribution in [0.2, 0.25) is 0 Å². The van der Waals surface area contributed by atoms with Crippen molar-refractivity contribution in [1.82, 2.24) is 9.97 Å². The fraction of sp³-hybridized carbons (Fsp3) is 0.105. The number of hydrogen-bond donors (Lipinski definition) is 2. The summed E-state index contributed by atoms with van der Waals surface area (Å²) in [7, 11) is 0. The van der Waals surface area contributed by atoms with Gasteiger partial charge in [0.2, 0.25) is 5.95 Å². The summed E-state index contributed by atoms with van der Waals surface area (Å²) in [6.45, 7) is 2.34. The Labute approximate surface area is 154 Å². The molecule has 1 aromatic heterocycles. The minimum absolute atomic E-state index is 0.0518. The molecule has 0 fully saturated rings. The normalized spacial score (nSPS) is 10.3. The first-order chi connectivity index (χ1) is 13.1. The Morgan fingerprint density at radius 3 is 2.56 bits per heavy atom. The smallest absolute Gasteiger partial charge is 0.274 e. The highest BCUT2D eigenvalue weighted by molar-refractivity contribution is 6.03. The number of halogens is 2. The summed E-state index contributed by atoms with van der Waals surface area (Å²) in [5.74, 6) is -1.76. The molecule has 27 heavy (non-hydrogen) atoms. The minimum Gasteiger partial charge on any atom is -0.492 e. The van der Waals surface area contributed by atoms with Crippen molar-refractivity contribution < 1.29 is 18.3 Å². The first-order valence-electron chi connectivity index (χ1n) is 8.15. The number of aromatic nitrogens is 2. The lowest BCUT2D eigenvalue weighted by molar-refractivity contribution is 0.102. The van der Waals surface area contributed by atoms with E-state index in [9.17, 15) is 13.6 Å². The van der Waals surface area contributed by atoms with Gasteiger partial charge in [-0.1, -0.05) is 18.2 Å². The molecule has 3 aromatic rings. The van der Waals surface area contributed by atoms with Crippen LogP contribution in [0.1, 0.15) is 17.4 Å². The van der Waals surface area contributed by atoms with Crippen LogP contribution in [0.15, 0.2) is 54.7 Å². The topological polar surface area (TPSA) is 76.1 Å². The molecule has 0 saturated heterocycles. The number of amides is 1. The molecule has 0 atom stereocenters. The van der Waals surface area contributed by atoms with Crippen LogP contribution < -0.4 is 15.4 Å². The largest absolute Gasteiger partial charge is 0.492 e. The molecule has 2 N–H and O–H groups in total. The number of anilines is 3. The summed E-state index contributed by atoms with van der Waals surface area (Å²) < 4.78 is 32.9. The fourth-order valence-electron chi connectivity index (χ4n) is 2.31. The summed E-state index contributed by atoms with van der Waals surface area (Å²) in [4.78, 5) is 20.4. The summed E-state index contributed by atoms with van der Waals surface area (Å²) in [6, 6.07) is 11.8. The summed E-state index contributed by atoms with van der Waals surface area (Å²) >= 11 is 0. The molecule has 2 aromatic carbocycles. The lowest BCUT2D eigenvalue weighted by Gasteiger charge is -2.11. The number of para-hydroxylation sites is 3. The van der Waals surface area contributed by atoms with E-state index in [2.05, 4.69) is 20.6 Å². The molecule has 0 aliphatic rings. The van der Waals surface area contributed by atoms with Crippen molar-refractivity contribution in [2.24, 2.45) is 0 Å². The Balaban J connectivity index is 1.81. The molecule has 0 saturated carbocycles. The van der Waals surface area contributed by atoms with Gasteiger partial charge >= 0.3 is 0 Å². The molecule has 1 heterocycles. The van der Waals surface area contributed by atoms with Gasteiger partial charge in [0.05, 0.1) is 12.3 Å². The van der Waals surface area contributed by atoms with E-state index in [0.717, 1.165) is 12.1 Å². The van der Waals surface area contributed by atoms with Gasteiger partial charge in [0.15, 0.2) is 0 Å². The zero-order chi connectivity index (χ0) is 19.2. The van der Waals surface area contributed by atoms with Crippen molar-refractivity contribution in [2.75, 3.05) is 17.2 Å². The Bertz CT molecular complexity index is 946. The quantitative estimate of drug-likeness (QED) is 0.682. The molecule has 0 unspecified atom stereocenters. The monoisotopic (exact) mass is 370 g/mol. The number of nitrogens with one attached hydrogen (secondary N) is 2. The van der Waals surface area contributed by atoms with E-state index in [4.69, 9.17) is 4.74 Å². The molecule has 0 aliphatic carbocycles. The number of rotatable bonds is 6. The zero-order valence-corrected chi connectivity index (χ0v) is 14.4. The summed E-state index contributed by atoms with van der Waals surface area (Å²) in [5, 5.41) is 5.15. The first kappa shape index (κ1) is 18.2. The van der Waals surface area contributed by atoms with Crippen molar-refractivity contribution in [2.45, 2.75) is 6.92 Å². The SMILES string of the molecule is CCOc1ccccc1Nc1nccc(C(=O)Nc2c(F)cccc2F)n1. The van der Waals surface area contributed by atoms with Crippen LogP contribution >= 0.6 is 0 Å². The third-order valence-electron chi connectivity index (χ3n) is 3.52. The lowest BCUT2D eigenvalue weighted by Crippen LogP contribution is -2.16. The van der Waals surface area contributed by atoms with Gasteiger partial charge in [0.1, 0.15) is 28.8 Å². The van der Waals surface area contributed by atoms with E-state index in [-0.39, 0.29) is 11.6 Å². The van der Waals surface area contributed by atoms with Crippen LogP contribution in [0.5, 0.6) is 5.75 Å². The van der Waals surface area contributed by atoms with Gasteiger partial charge in [0.25, 0.3) is 5.91 Å². The second-order valence-electron chi connectivity index (χ2n) is 5.37. The van der Waals surface area contributed by atoms with Crippen LogP contribution in [-0.4, -0.2) is 22.5 Å². The van der Waals surface area contributed by atoms with Crippen LogP contribution in [0.3, 0.4) is 0 Å². The first-order valence-corrected chi connectivity index (χ1v) is 8.15. The predicted octanol–water partition coefficient (Wildman–Crippen LogP) is 4.15. The number of ether oxygens (including phenoxy) is 1. The molecule has 0 aliphatic heterocycles. The van der Waals surface area contributed by atoms with Crippen LogP contribution in [-0.2, 0) is 0 Å². The molecule has 3 rings (SSSR count). The highest BCUT2D eigenvalue weighted by Gasteiger charge is 2.15. The summed E-state index contributed by atoms with van der Waals surface area (Å²) in [5.41, 5.74) is 0.0402. The van der Waals surface area contributed by atoms with Gasteiger partial charge in [0, 0.05) is 6.20 Å². The minimum atomic E-state index is -0.874. The van der Waals surface area contributed by atoms with E-state index in [1.165, 1.54) is 18.3 Å². The number of nitrogens with zero attached hydrogens (tertiary/aromatic N) is 2. The Kier molecular flexibility index (Phi) is 5.55. The third kappa shape index (κ3) is 4.35. The molecule has 138 valence electrons. The van der Waals surface area contributed by atoms with Gasteiger partial charge in [-0.2, -0.15) is 0 Å². The van der Waals surface area contributed by atoms with Crippen LogP contribution in [0.4, 0.5) is 26.1 Å². The molecular weight excluding hydrogens is 354 g/mol. The number of carbonyl (C=O) groups is 1. The van der Waals surface area contributed by atoms with E-state index in [0.29, 0.717) is 18.0 Å². The Morgan fingerprint density at radius 1 is 1.07 bits per heavy atom. The average molecular weight is 370 g/mol. The number of hydrogen-bond acceptors (Lipinski definition) is 5. The maximum atomic E-state index is 13.7. The van der Waals surface area contributed by atoms with Crippen molar-refractivity contribution >= 4 is 23.2 Å². The Hall–Kier alpha value is -3.55. The van der Waals surface area contributed by atoms with Crippen molar-refractivity contribution in [3.05, 3.63) is 72.1 Å². The third-order valence-corrected chi connectivity index (χ3v) is 3.52.